The molecule has 0 unspecified atom stereocenters. The topological polar surface area (TPSA) is 111 Å². The first-order valence-corrected chi connectivity index (χ1v) is 10.5. The Labute approximate surface area is 169 Å². The molecule has 0 aromatic heterocycles. The molecule has 0 saturated heterocycles. The van der Waals surface area contributed by atoms with Crippen LogP contribution in [0.5, 0.6) is 11.5 Å². The van der Waals surface area contributed by atoms with Crippen molar-refractivity contribution >= 4 is 27.3 Å². The van der Waals surface area contributed by atoms with Gasteiger partial charge < -0.3 is 20.1 Å². The molecule has 0 bridgehead atoms. The molecule has 0 aliphatic carbocycles. The van der Waals surface area contributed by atoms with Crippen LogP contribution in [0.25, 0.3) is 0 Å². The molecule has 0 fully saturated rings. The van der Waals surface area contributed by atoms with Gasteiger partial charge in [-0.25, -0.2) is 8.42 Å². The van der Waals surface area contributed by atoms with Crippen LogP contribution in [0.1, 0.15) is 18.9 Å². The molecule has 0 saturated carbocycles. The molecular formula is C20H22N2O6S. The van der Waals surface area contributed by atoms with E-state index in [4.69, 9.17) is 9.47 Å². The van der Waals surface area contributed by atoms with Gasteiger partial charge in [-0.2, -0.15) is 0 Å². The van der Waals surface area contributed by atoms with Crippen molar-refractivity contribution in [3.63, 3.8) is 0 Å². The zero-order valence-corrected chi connectivity index (χ0v) is 16.9. The standard InChI is InChI=1S/C20H22N2O6S/c1-13(9-19(23)21-11-14-3-5-15(27-2)6-4-14)29(25,26)16-7-8-18-17(10-16)22-20(24)12-28-18/h3-8,10,13H,9,11-12H2,1-2H3,(H,21,23)(H,22,24)/t13-/m0/s1. The summed E-state index contributed by atoms with van der Waals surface area (Å²) in [4.78, 5) is 23.7. The lowest BCUT2D eigenvalue weighted by molar-refractivity contribution is -0.121. The first-order chi connectivity index (χ1) is 13.8. The van der Waals surface area contributed by atoms with Crippen LogP contribution in [0.15, 0.2) is 47.4 Å². The number of methoxy groups -OCH3 is 1. The fourth-order valence-electron chi connectivity index (χ4n) is 2.86. The fourth-order valence-corrected chi connectivity index (χ4v) is 4.23. The van der Waals surface area contributed by atoms with Gasteiger partial charge in [-0.1, -0.05) is 12.1 Å². The molecule has 9 heteroatoms. The summed E-state index contributed by atoms with van der Waals surface area (Å²) in [5.74, 6) is 0.407. The van der Waals surface area contributed by atoms with E-state index in [1.807, 2.05) is 12.1 Å². The molecule has 2 aromatic rings. The molecule has 0 spiro atoms. The number of ether oxygens (including phenoxy) is 2. The molecule has 1 aliphatic rings. The Balaban J connectivity index is 1.62. The Morgan fingerprint density at radius 2 is 1.97 bits per heavy atom. The van der Waals surface area contributed by atoms with Crippen molar-refractivity contribution < 1.29 is 27.5 Å². The number of hydrogen-bond acceptors (Lipinski definition) is 6. The number of fused-ring (bicyclic) bond motifs is 1. The summed E-state index contributed by atoms with van der Waals surface area (Å²) in [6.45, 7) is 1.67. The molecular weight excluding hydrogens is 396 g/mol. The van der Waals surface area contributed by atoms with Crippen LogP contribution >= 0.6 is 0 Å². The lowest BCUT2D eigenvalue weighted by Gasteiger charge is -2.19. The first kappa shape index (κ1) is 20.7. The third-order valence-corrected chi connectivity index (χ3v) is 6.70. The quantitative estimate of drug-likeness (QED) is 0.711. The summed E-state index contributed by atoms with van der Waals surface area (Å²) in [6, 6.07) is 11.5. The van der Waals surface area contributed by atoms with Crippen LogP contribution in [-0.2, 0) is 26.0 Å². The number of carbonyl (C=O) groups is 2. The highest BCUT2D eigenvalue weighted by molar-refractivity contribution is 7.92. The Kier molecular flexibility index (Phi) is 6.07. The predicted octanol–water partition coefficient (Wildman–Crippen LogP) is 1.89. The van der Waals surface area contributed by atoms with Gasteiger partial charge >= 0.3 is 0 Å². The van der Waals surface area contributed by atoms with Gasteiger partial charge in [-0.15, -0.1) is 0 Å². The maximum Gasteiger partial charge on any atom is 0.262 e. The summed E-state index contributed by atoms with van der Waals surface area (Å²) in [7, 11) is -2.19. The number of hydrogen-bond donors (Lipinski definition) is 2. The molecule has 2 aromatic carbocycles. The highest BCUT2D eigenvalue weighted by atomic mass is 32.2. The van der Waals surface area contributed by atoms with Gasteiger partial charge in [0.05, 0.1) is 22.9 Å². The number of rotatable bonds is 7. The number of benzene rings is 2. The van der Waals surface area contributed by atoms with Crippen LogP contribution < -0.4 is 20.1 Å². The van der Waals surface area contributed by atoms with Crippen LogP contribution in [0.2, 0.25) is 0 Å². The molecule has 2 amide bonds. The van der Waals surface area contributed by atoms with E-state index in [-0.39, 0.29) is 36.3 Å². The van der Waals surface area contributed by atoms with Gasteiger partial charge in [-0.3, -0.25) is 9.59 Å². The van der Waals surface area contributed by atoms with E-state index in [1.54, 1.807) is 19.2 Å². The molecule has 0 radical (unpaired) electrons. The molecule has 1 aliphatic heterocycles. The largest absolute Gasteiger partial charge is 0.497 e. The second-order valence-corrected chi connectivity index (χ2v) is 9.05. The van der Waals surface area contributed by atoms with Gasteiger partial charge in [0.25, 0.3) is 5.91 Å². The third kappa shape index (κ3) is 4.86. The molecule has 154 valence electrons. The van der Waals surface area contributed by atoms with E-state index < -0.39 is 15.1 Å². The second-order valence-electron chi connectivity index (χ2n) is 6.68. The molecule has 3 rings (SSSR count). The van der Waals surface area contributed by atoms with Gasteiger partial charge in [0.2, 0.25) is 5.91 Å². The highest BCUT2D eigenvalue weighted by Crippen LogP contribution is 2.31. The maximum atomic E-state index is 12.8. The van der Waals surface area contributed by atoms with Crippen molar-refractivity contribution in [2.75, 3.05) is 19.0 Å². The Hall–Kier alpha value is -3.07. The van der Waals surface area contributed by atoms with E-state index in [0.29, 0.717) is 17.2 Å². The molecule has 1 heterocycles. The zero-order valence-electron chi connectivity index (χ0n) is 16.1. The van der Waals surface area contributed by atoms with Crippen LogP contribution in [-0.4, -0.2) is 39.2 Å². The SMILES string of the molecule is COc1ccc(CNC(=O)C[C@H](C)S(=O)(=O)c2ccc3c(c2)NC(=O)CO3)cc1. The number of amides is 2. The first-order valence-electron chi connectivity index (χ1n) is 9.00. The normalized spacial score (nSPS) is 14.2. The number of nitrogens with one attached hydrogen (secondary N) is 2. The summed E-state index contributed by atoms with van der Waals surface area (Å²) in [5.41, 5.74) is 1.18. The van der Waals surface area contributed by atoms with Crippen molar-refractivity contribution in [2.45, 2.75) is 30.0 Å². The minimum absolute atomic E-state index is 0.0255. The molecule has 8 nitrogen and oxygen atoms in total. The lowest BCUT2D eigenvalue weighted by Crippen LogP contribution is -2.30. The fraction of sp³-hybridized carbons (Fsp3) is 0.300. The Morgan fingerprint density at radius 1 is 1.24 bits per heavy atom. The minimum Gasteiger partial charge on any atom is -0.497 e. The van der Waals surface area contributed by atoms with Crippen molar-refractivity contribution in [2.24, 2.45) is 0 Å². The molecule has 1 atom stereocenters. The monoisotopic (exact) mass is 418 g/mol. The van der Waals surface area contributed by atoms with E-state index in [1.165, 1.54) is 25.1 Å². The summed E-state index contributed by atoms with van der Waals surface area (Å²) in [6.07, 6.45) is -0.182. The van der Waals surface area contributed by atoms with Crippen LogP contribution in [0.4, 0.5) is 5.69 Å². The summed E-state index contributed by atoms with van der Waals surface area (Å²) < 4.78 is 36.0. The maximum absolute atomic E-state index is 12.8. The predicted molar refractivity (Wildman–Crippen MR) is 107 cm³/mol. The zero-order chi connectivity index (χ0) is 21.0. The number of carbonyl (C=O) groups excluding carboxylic acids is 2. The van der Waals surface area contributed by atoms with E-state index in [2.05, 4.69) is 10.6 Å². The Bertz CT molecular complexity index is 1020. The van der Waals surface area contributed by atoms with Crippen molar-refractivity contribution in [1.29, 1.82) is 0 Å². The van der Waals surface area contributed by atoms with Gasteiger partial charge in [-0.05, 0) is 42.8 Å². The highest BCUT2D eigenvalue weighted by Gasteiger charge is 2.27. The van der Waals surface area contributed by atoms with E-state index in [0.717, 1.165) is 5.56 Å². The summed E-state index contributed by atoms with van der Waals surface area (Å²) in [5, 5.41) is 4.37. The van der Waals surface area contributed by atoms with Crippen LogP contribution in [0.3, 0.4) is 0 Å². The average molecular weight is 418 g/mol. The van der Waals surface area contributed by atoms with Crippen molar-refractivity contribution in [3.05, 3.63) is 48.0 Å². The third-order valence-electron chi connectivity index (χ3n) is 4.56. The number of sulfone groups is 1. The minimum atomic E-state index is -3.76. The van der Waals surface area contributed by atoms with Gasteiger partial charge in [0, 0.05) is 13.0 Å². The van der Waals surface area contributed by atoms with Gasteiger partial charge in [0.1, 0.15) is 11.5 Å². The van der Waals surface area contributed by atoms with Crippen molar-refractivity contribution in [3.8, 4) is 11.5 Å². The smallest absolute Gasteiger partial charge is 0.262 e. The second kappa shape index (κ2) is 8.52. The number of anilines is 1. The average Bonchev–Trinajstić information content (AvgIpc) is 2.71. The van der Waals surface area contributed by atoms with Crippen LogP contribution in [0, 0.1) is 0 Å². The van der Waals surface area contributed by atoms with E-state index in [9.17, 15) is 18.0 Å². The summed E-state index contributed by atoms with van der Waals surface area (Å²) >= 11 is 0. The van der Waals surface area contributed by atoms with Gasteiger partial charge in [0.15, 0.2) is 16.4 Å². The van der Waals surface area contributed by atoms with E-state index >= 15 is 0 Å². The van der Waals surface area contributed by atoms with Crippen molar-refractivity contribution in [1.82, 2.24) is 5.32 Å². The molecule has 2 N–H and O–H groups in total. The molecule has 29 heavy (non-hydrogen) atoms. The Morgan fingerprint density at radius 3 is 2.66 bits per heavy atom. The lowest BCUT2D eigenvalue weighted by atomic mass is 10.2.